The van der Waals surface area contributed by atoms with E-state index in [-0.39, 0.29) is 5.69 Å². The van der Waals surface area contributed by atoms with Crippen LogP contribution in [-0.4, -0.2) is 21.2 Å². The summed E-state index contributed by atoms with van der Waals surface area (Å²) in [4.78, 5) is 14.9. The number of carbonyl (C=O) groups is 1. The minimum Gasteiger partial charge on any atom is -0.476 e. The molecule has 0 unspecified atom stereocenters. The van der Waals surface area contributed by atoms with Gasteiger partial charge in [-0.25, -0.2) is 4.79 Å². The molecule has 94 valence electrons. The van der Waals surface area contributed by atoms with Gasteiger partial charge < -0.3 is 14.9 Å². The molecule has 0 bridgehead atoms. The lowest BCUT2D eigenvalue weighted by molar-refractivity contribution is 0.0685. The Kier molecular flexibility index (Phi) is 3.69. The highest BCUT2D eigenvalue weighted by atomic mass is 16.5. The first kappa shape index (κ1) is 12.3. The Morgan fingerprint density at radius 3 is 2.94 bits per heavy atom. The molecule has 0 aliphatic carbocycles. The van der Waals surface area contributed by atoms with Crippen molar-refractivity contribution in [2.75, 3.05) is 0 Å². The quantitative estimate of drug-likeness (QED) is 0.829. The minimum atomic E-state index is -1.09. The number of carboxylic acid groups (broad SMARTS) is 1. The van der Waals surface area contributed by atoms with Gasteiger partial charge in [-0.05, 0) is 19.1 Å². The maximum absolute atomic E-state index is 10.6. The van der Waals surface area contributed by atoms with Crippen LogP contribution >= 0.6 is 0 Å². The summed E-state index contributed by atoms with van der Waals surface area (Å²) < 4.78 is 4.87. The lowest BCUT2D eigenvalue weighted by Crippen LogP contribution is -2.13. The zero-order valence-electron chi connectivity index (χ0n) is 9.88. The first-order valence-electron chi connectivity index (χ1n) is 5.47. The summed E-state index contributed by atoms with van der Waals surface area (Å²) >= 11 is 0. The first-order chi connectivity index (χ1) is 8.65. The Labute approximate surface area is 104 Å². The van der Waals surface area contributed by atoms with E-state index < -0.39 is 5.97 Å². The van der Waals surface area contributed by atoms with Crippen LogP contribution in [0.4, 0.5) is 0 Å². The first-order valence-corrected chi connectivity index (χ1v) is 5.47. The summed E-state index contributed by atoms with van der Waals surface area (Å²) in [6, 6.07) is 7.19. The van der Waals surface area contributed by atoms with Gasteiger partial charge in [-0.2, -0.15) is 0 Å². The Balaban J connectivity index is 1.86. The molecule has 6 nitrogen and oxygen atoms in total. The van der Waals surface area contributed by atoms with E-state index in [9.17, 15) is 4.79 Å². The summed E-state index contributed by atoms with van der Waals surface area (Å²) in [5, 5.41) is 15.2. The molecule has 0 aliphatic heterocycles. The molecule has 2 heterocycles. The highest BCUT2D eigenvalue weighted by molar-refractivity contribution is 5.85. The molecule has 0 saturated carbocycles. The van der Waals surface area contributed by atoms with E-state index in [1.165, 1.54) is 6.07 Å². The molecule has 2 aromatic heterocycles. The van der Waals surface area contributed by atoms with E-state index in [1.54, 1.807) is 0 Å². The number of aromatic carboxylic acids is 1. The fourth-order valence-electron chi connectivity index (χ4n) is 1.51. The van der Waals surface area contributed by atoms with Crippen molar-refractivity contribution in [3.63, 3.8) is 0 Å². The summed E-state index contributed by atoms with van der Waals surface area (Å²) in [5.41, 5.74) is 1.80. The maximum atomic E-state index is 10.6. The third-order valence-electron chi connectivity index (χ3n) is 2.33. The third-order valence-corrected chi connectivity index (χ3v) is 2.33. The Morgan fingerprint density at radius 1 is 1.44 bits per heavy atom. The number of hydrogen-bond donors (Lipinski definition) is 2. The van der Waals surface area contributed by atoms with Crippen molar-refractivity contribution in [2.24, 2.45) is 0 Å². The Hall–Kier alpha value is -2.21. The monoisotopic (exact) mass is 247 g/mol. The SMILES string of the molecule is Cc1cccc(CNCc2cc(C(=O)O)no2)n1. The summed E-state index contributed by atoms with van der Waals surface area (Å²) in [6.45, 7) is 2.93. The third kappa shape index (κ3) is 3.14. The molecular weight excluding hydrogens is 234 g/mol. The van der Waals surface area contributed by atoms with Gasteiger partial charge in [0, 0.05) is 18.3 Å². The van der Waals surface area contributed by atoms with E-state index in [0.717, 1.165) is 11.4 Å². The molecule has 0 fully saturated rings. The molecule has 0 aliphatic rings. The summed E-state index contributed by atoms with van der Waals surface area (Å²) in [6.07, 6.45) is 0. The number of nitrogens with one attached hydrogen (secondary N) is 1. The van der Waals surface area contributed by atoms with Crippen LogP contribution in [0.3, 0.4) is 0 Å². The van der Waals surface area contributed by atoms with Crippen LogP contribution in [0.25, 0.3) is 0 Å². The average Bonchev–Trinajstić information content (AvgIpc) is 2.78. The molecule has 2 rings (SSSR count). The second-order valence-corrected chi connectivity index (χ2v) is 3.86. The van der Waals surface area contributed by atoms with Crippen molar-refractivity contribution < 1.29 is 14.4 Å². The zero-order chi connectivity index (χ0) is 13.0. The normalized spacial score (nSPS) is 10.5. The van der Waals surface area contributed by atoms with Gasteiger partial charge in [0.15, 0.2) is 11.5 Å². The van der Waals surface area contributed by atoms with Gasteiger partial charge in [0.1, 0.15) is 0 Å². The number of hydrogen-bond acceptors (Lipinski definition) is 5. The average molecular weight is 247 g/mol. The molecule has 2 aromatic rings. The Bertz CT molecular complexity index is 551. The van der Waals surface area contributed by atoms with Crippen molar-refractivity contribution in [1.82, 2.24) is 15.5 Å². The van der Waals surface area contributed by atoms with E-state index in [0.29, 0.717) is 18.8 Å². The smallest absolute Gasteiger partial charge is 0.358 e. The number of nitrogens with zero attached hydrogens (tertiary/aromatic N) is 2. The number of aromatic nitrogens is 2. The second-order valence-electron chi connectivity index (χ2n) is 3.86. The van der Waals surface area contributed by atoms with E-state index >= 15 is 0 Å². The number of pyridine rings is 1. The molecular formula is C12H13N3O3. The topological polar surface area (TPSA) is 88.2 Å². The van der Waals surface area contributed by atoms with Crippen molar-refractivity contribution in [1.29, 1.82) is 0 Å². The van der Waals surface area contributed by atoms with Crippen molar-refractivity contribution in [3.05, 3.63) is 47.1 Å². The molecule has 0 aromatic carbocycles. The van der Waals surface area contributed by atoms with Gasteiger partial charge in [0.05, 0.1) is 12.2 Å². The Morgan fingerprint density at radius 2 is 2.28 bits per heavy atom. The lowest BCUT2D eigenvalue weighted by atomic mass is 10.3. The second kappa shape index (κ2) is 5.42. The van der Waals surface area contributed by atoms with Crippen LogP contribution in [0, 0.1) is 6.92 Å². The predicted octanol–water partition coefficient (Wildman–Crippen LogP) is 1.37. The van der Waals surface area contributed by atoms with Gasteiger partial charge in [-0.15, -0.1) is 0 Å². The van der Waals surface area contributed by atoms with Crippen molar-refractivity contribution in [2.45, 2.75) is 20.0 Å². The maximum Gasteiger partial charge on any atom is 0.358 e. The zero-order valence-corrected chi connectivity index (χ0v) is 9.88. The van der Waals surface area contributed by atoms with Gasteiger partial charge in [-0.1, -0.05) is 11.2 Å². The molecule has 2 N–H and O–H groups in total. The highest BCUT2D eigenvalue weighted by Gasteiger charge is 2.09. The van der Waals surface area contributed by atoms with Crippen LogP contribution in [0.5, 0.6) is 0 Å². The molecule has 6 heteroatoms. The van der Waals surface area contributed by atoms with Crippen LogP contribution < -0.4 is 5.32 Å². The summed E-state index contributed by atoms with van der Waals surface area (Å²) in [7, 11) is 0. The lowest BCUT2D eigenvalue weighted by Gasteiger charge is -2.02. The highest BCUT2D eigenvalue weighted by Crippen LogP contribution is 2.04. The predicted molar refractivity (Wildman–Crippen MR) is 63.0 cm³/mol. The van der Waals surface area contributed by atoms with E-state index in [4.69, 9.17) is 9.63 Å². The van der Waals surface area contributed by atoms with Crippen LogP contribution in [0.1, 0.15) is 27.6 Å². The standard InChI is InChI=1S/C12H13N3O3/c1-8-3-2-4-9(14-8)6-13-7-10-5-11(12(16)17)15-18-10/h2-5,13H,6-7H2,1H3,(H,16,17). The van der Waals surface area contributed by atoms with E-state index in [2.05, 4.69) is 15.5 Å². The van der Waals surface area contributed by atoms with Gasteiger partial charge in [0.25, 0.3) is 0 Å². The fraction of sp³-hybridized carbons (Fsp3) is 0.250. The molecule has 0 radical (unpaired) electrons. The van der Waals surface area contributed by atoms with Gasteiger partial charge in [-0.3, -0.25) is 4.98 Å². The fourth-order valence-corrected chi connectivity index (χ4v) is 1.51. The van der Waals surface area contributed by atoms with Crippen LogP contribution in [-0.2, 0) is 13.1 Å². The number of carboxylic acids is 1. The number of rotatable bonds is 5. The van der Waals surface area contributed by atoms with Crippen LogP contribution in [0.2, 0.25) is 0 Å². The summed E-state index contributed by atoms with van der Waals surface area (Å²) in [5.74, 6) is -0.606. The van der Waals surface area contributed by atoms with Crippen LogP contribution in [0.15, 0.2) is 28.8 Å². The molecule has 0 atom stereocenters. The minimum absolute atomic E-state index is 0.0829. The molecule has 18 heavy (non-hydrogen) atoms. The van der Waals surface area contributed by atoms with Crippen molar-refractivity contribution in [3.8, 4) is 0 Å². The van der Waals surface area contributed by atoms with Crippen molar-refractivity contribution >= 4 is 5.97 Å². The number of aryl methyl sites for hydroxylation is 1. The largest absolute Gasteiger partial charge is 0.476 e. The van der Waals surface area contributed by atoms with Gasteiger partial charge >= 0.3 is 5.97 Å². The molecule has 0 saturated heterocycles. The molecule has 0 amide bonds. The van der Waals surface area contributed by atoms with E-state index in [1.807, 2.05) is 25.1 Å². The molecule has 0 spiro atoms. The van der Waals surface area contributed by atoms with Gasteiger partial charge in [0.2, 0.25) is 0 Å².